The van der Waals surface area contributed by atoms with Crippen LogP contribution in [0.15, 0.2) is 0 Å². The maximum absolute atomic E-state index is 12.2. The minimum absolute atomic E-state index is 0. The second-order valence-corrected chi connectivity index (χ2v) is 5.76. The van der Waals surface area contributed by atoms with Crippen molar-refractivity contribution in [2.75, 3.05) is 26.4 Å². The number of amides is 1. The van der Waals surface area contributed by atoms with Gasteiger partial charge in [-0.05, 0) is 38.6 Å². The summed E-state index contributed by atoms with van der Waals surface area (Å²) in [6.07, 6.45) is 4.32. The minimum atomic E-state index is 0. The van der Waals surface area contributed by atoms with E-state index >= 15 is 0 Å². The summed E-state index contributed by atoms with van der Waals surface area (Å²) in [6.45, 7) is 4.62. The lowest BCUT2D eigenvalue weighted by Crippen LogP contribution is -2.42. The van der Waals surface area contributed by atoms with Crippen molar-refractivity contribution in [2.24, 2.45) is 17.6 Å². The molecule has 6 heteroatoms. The average Bonchev–Trinajstić information content (AvgIpc) is 3.07. The second-order valence-electron chi connectivity index (χ2n) is 5.76. The van der Waals surface area contributed by atoms with Crippen LogP contribution in [0.4, 0.5) is 0 Å². The van der Waals surface area contributed by atoms with Gasteiger partial charge in [0.25, 0.3) is 0 Å². The summed E-state index contributed by atoms with van der Waals surface area (Å²) in [6, 6.07) is 0.0483. The first-order valence-corrected chi connectivity index (χ1v) is 7.40. The molecule has 0 aromatic carbocycles. The standard InChI is InChI=1S/C14H26N2O3.ClH/c1-10(8-19-12-5-6-18-9-12)16-14(17)13-4-2-3-11(13)7-15;/h10-13H,2-9,15H2,1H3,(H,16,17);1H/t10?,11-,12?,13-;/m1./s1. The number of nitrogens with one attached hydrogen (secondary N) is 1. The van der Waals surface area contributed by atoms with E-state index < -0.39 is 0 Å². The zero-order valence-corrected chi connectivity index (χ0v) is 13.0. The highest BCUT2D eigenvalue weighted by molar-refractivity contribution is 5.85. The van der Waals surface area contributed by atoms with Crippen LogP contribution < -0.4 is 11.1 Å². The molecule has 1 saturated heterocycles. The maximum atomic E-state index is 12.2. The van der Waals surface area contributed by atoms with Gasteiger partial charge in [-0.1, -0.05) is 6.42 Å². The summed E-state index contributed by atoms with van der Waals surface area (Å²) in [5, 5.41) is 3.05. The van der Waals surface area contributed by atoms with Gasteiger partial charge in [-0.25, -0.2) is 0 Å². The van der Waals surface area contributed by atoms with Gasteiger partial charge in [0.2, 0.25) is 5.91 Å². The monoisotopic (exact) mass is 306 g/mol. The highest BCUT2D eigenvalue weighted by Crippen LogP contribution is 2.31. The van der Waals surface area contributed by atoms with Crippen molar-refractivity contribution in [3.63, 3.8) is 0 Å². The molecule has 1 heterocycles. The smallest absolute Gasteiger partial charge is 0.223 e. The minimum Gasteiger partial charge on any atom is -0.379 e. The number of carbonyl (C=O) groups excluding carboxylic acids is 1. The molecule has 1 amide bonds. The van der Waals surface area contributed by atoms with E-state index in [1.165, 1.54) is 0 Å². The van der Waals surface area contributed by atoms with Gasteiger partial charge >= 0.3 is 0 Å². The van der Waals surface area contributed by atoms with Gasteiger partial charge in [0.15, 0.2) is 0 Å². The van der Waals surface area contributed by atoms with Crippen molar-refractivity contribution in [1.82, 2.24) is 5.32 Å². The fourth-order valence-corrected chi connectivity index (χ4v) is 2.98. The Morgan fingerprint density at radius 3 is 2.90 bits per heavy atom. The third-order valence-corrected chi connectivity index (χ3v) is 4.16. The molecule has 0 radical (unpaired) electrons. The molecule has 20 heavy (non-hydrogen) atoms. The van der Waals surface area contributed by atoms with Crippen LogP contribution in [0.1, 0.15) is 32.6 Å². The number of hydrogen-bond acceptors (Lipinski definition) is 4. The molecule has 2 aliphatic rings. The molecular weight excluding hydrogens is 280 g/mol. The Morgan fingerprint density at radius 1 is 1.45 bits per heavy atom. The molecular formula is C14H27ClN2O3. The summed E-state index contributed by atoms with van der Waals surface area (Å²) in [5.74, 6) is 0.602. The van der Waals surface area contributed by atoms with E-state index in [1.54, 1.807) is 0 Å². The number of hydrogen-bond donors (Lipinski definition) is 2. The Balaban J connectivity index is 0.00000200. The first kappa shape index (κ1) is 17.7. The highest BCUT2D eigenvalue weighted by atomic mass is 35.5. The van der Waals surface area contributed by atoms with Crippen LogP contribution in [0.25, 0.3) is 0 Å². The first-order chi connectivity index (χ1) is 9.20. The molecule has 0 spiro atoms. The number of ether oxygens (including phenoxy) is 2. The Kier molecular flexibility index (Phi) is 7.80. The van der Waals surface area contributed by atoms with E-state index in [1.807, 2.05) is 6.92 Å². The number of nitrogens with two attached hydrogens (primary N) is 1. The van der Waals surface area contributed by atoms with Gasteiger partial charge in [0.05, 0.1) is 19.3 Å². The third kappa shape index (κ3) is 4.88. The number of carbonyl (C=O) groups is 1. The third-order valence-electron chi connectivity index (χ3n) is 4.16. The highest BCUT2D eigenvalue weighted by Gasteiger charge is 2.32. The van der Waals surface area contributed by atoms with E-state index in [0.29, 0.717) is 25.7 Å². The number of halogens is 1. The van der Waals surface area contributed by atoms with Crippen molar-refractivity contribution in [3.05, 3.63) is 0 Å². The molecule has 0 bridgehead atoms. The van der Waals surface area contributed by atoms with Crippen molar-refractivity contribution >= 4 is 18.3 Å². The zero-order chi connectivity index (χ0) is 13.7. The summed E-state index contributed by atoms with van der Waals surface area (Å²) >= 11 is 0. The predicted octanol–water partition coefficient (Wildman–Crippen LogP) is 1.09. The van der Waals surface area contributed by atoms with Gasteiger partial charge in [0.1, 0.15) is 0 Å². The lowest BCUT2D eigenvalue weighted by Gasteiger charge is -2.21. The average molecular weight is 307 g/mol. The second kappa shape index (κ2) is 8.82. The van der Waals surface area contributed by atoms with Crippen molar-refractivity contribution in [2.45, 2.75) is 44.8 Å². The molecule has 4 atom stereocenters. The van der Waals surface area contributed by atoms with Crippen LogP contribution in [0.5, 0.6) is 0 Å². The van der Waals surface area contributed by atoms with Crippen molar-refractivity contribution in [3.8, 4) is 0 Å². The van der Waals surface area contributed by atoms with Gasteiger partial charge in [-0.3, -0.25) is 4.79 Å². The molecule has 2 rings (SSSR count). The molecule has 0 aromatic rings. The van der Waals surface area contributed by atoms with Gasteiger partial charge in [0, 0.05) is 18.6 Å². The van der Waals surface area contributed by atoms with E-state index in [4.69, 9.17) is 15.2 Å². The van der Waals surface area contributed by atoms with Crippen LogP contribution >= 0.6 is 12.4 Å². The van der Waals surface area contributed by atoms with Gasteiger partial charge in [-0.2, -0.15) is 0 Å². The zero-order valence-electron chi connectivity index (χ0n) is 12.2. The summed E-state index contributed by atoms with van der Waals surface area (Å²) < 4.78 is 11.0. The largest absolute Gasteiger partial charge is 0.379 e. The lowest BCUT2D eigenvalue weighted by molar-refractivity contribution is -0.127. The quantitative estimate of drug-likeness (QED) is 0.770. The SMILES string of the molecule is CC(COC1CCOC1)NC(=O)[C@@H]1CCC[C@@H]1CN.Cl. The molecule has 1 saturated carbocycles. The van der Waals surface area contributed by atoms with E-state index in [2.05, 4.69) is 5.32 Å². The molecule has 5 nitrogen and oxygen atoms in total. The lowest BCUT2D eigenvalue weighted by atomic mass is 9.95. The van der Waals surface area contributed by atoms with E-state index in [9.17, 15) is 4.79 Å². The summed E-state index contributed by atoms with van der Waals surface area (Å²) in [4.78, 5) is 12.2. The molecule has 0 aromatic heterocycles. The Hall–Kier alpha value is -0.360. The van der Waals surface area contributed by atoms with E-state index in [-0.39, 0.29) is 36.4 Å². The molecule has 118 valence electrons. The van der Waals surface area contributed by atoms with E-state index in [0.717, 1.165) is 32.3 Å². The predicted molar refractivity (Wildman–Crippen MR) is 79.9 cm³/mol. The fourth-order valence-electron chi connectivity index (χ4n) is 2.98. The summed E-state index contributed by atoms with van der Waals surface area (Å²) in [5.41, 5.74) is 5.72. The Morgan fingerprint density at radius 2 is 2.25 bits per heavy atom. The molecule has 1 aliphatic heterocycles. The summed E-state index contributed by atoms with van der Waals surface area (Å²) in [7, 11) is 0. The van der Waals surface area contributed by atoms with Crippen LogP contribution in [0, 0.1) is 11.8 Å². The molecule has 3 N–H and O–H groups in total. The molecule has 2 fully saturated rings. The molecule has 2 unspecified atom stereocenters. The Bertz CT molecular complexity index is 298. The van der Waals surface area contributed by atoms with Crippen LogP contribution in [0.3, 0.4) is 0 Å². The molecule has 1 aliphatic carbocycles. The first-order valence-electron chi connectivity index (χ1n) is 7.40. The van der Waals surface area contributed by atoms with Crippen LogP contribution in [0.2, 0.25) is 0 Å². The van der Waals surface area contributed by atoms with Crippen molar-refractivity contribution in [1.29, 1.82) is 0 Å². The van der Waals surface area contributed by atoms with Gasteiger partial charge in [-0.15, -0.1) is 12.4 Å². The van der Waals surface area contributed by atoms with Crippen LogP contribution in [-0.2, 0) is 14.3 Å². The van der Waals surface area contributed by atoms with Crippen molar-refractivity contribution < 1.29 is 14.3 Å². The number of rotatable bonds is 6. The Labute approximate surface area is 127 Å². The normalized spacial score (nSPS) is 30.8. The maximum Gasteiger partial charge on any atom is 0.223 e. The van der Waals surface area contributed by atoms with Crippen LogP contribution in [-0.4, -0.2) is 44.4 Å². The topological polar surface area (TPSA) is 73.6 Å². The fraction of sp³-hybridized carbons (Fsp3) is 0.929. The van der Waals surface area contributed by atoms with Gasteiger partial charge < -0.3 is 20.5 Å².